The molecule has 0 heterocycles. The van der Waals surface area contributed by atoms with Gasteiger partial charge in [0.2, 0.25) is 5.91 Å². The quantitative estimate of drug-likeness (QED) is 0.0371. The average Bonchev–Trinajstić information content (AvgIpc) is 2.98. The van der Waals surface area contributed by atoms with Gasteiger partial charge in [-0.1, -0.05) is 142 Å². The molecule has 0 rings (SSSR count). The first-order chi connectivity index (χ1) is 20.8. The molecule has 0 saturated heterocycles. The van der Waals surface area contributed by atoms with Crippen molar-refractivity contribution < 1.29 is 37.9 Å². The molecule has 0 radical (unpaired) electrons. The fourth-order valence-corrected chi connectivity index (χ4v) is 5.61. The first-order valence-electron chi connectivity index (χ1n) is 17.5. The van der Waals surface area contributed by atoms with Gasteiger partial charge in [0.15, 0.2) is 0 Å². The third-order valence-electron chi connectivity index (χ3n) is 7.54. The minimum atomic E-state index is -4.39. The fourth-order valence-electron chi connectivity index (χ4n) is 4.85. The van der Waals surface area contributed by atoms with E-state index in [1.54, 1.807) is 0 Å². The summed E-state index contributed by atoms with van der Waals surface area (Å²) in [6.45, 7) is 3.46. The third kappa shape index (κ3) is 32.2. The number of ether oxygens (including phenoxy) is 1. The maximum absolute atomic E-state index is 11.9. The minimum absolute atomic E-state index is 0.0846. The number of carbonyl (C=O) groups is 2. The van der Waals surface area contributed by atoms with E-state index in [0.717, 1.165) is 51.4 Å². The molecule has 10 heteroatoms. The Morgan fingerprint density at radius 2 is 1.05 bits per heavy atom. The summed E-state index contributed by atoms with van der Waals surface area (Å²) in [5, 5.41) is 12.6. The van der Waals surface area contributed by atoms with Gasteiger partial charge in [0.1, 0.15) is 12.7 Å². The van der Waals surface area contributed by atoms with Crippen LogP contribution in [0, 0.1) is 0 Å². The van der Waals surface area contributed by atoms with Crippen molar-refractivity contribution in [2.45, 2.75) is 174 Å². The largest absolute Gasteiger partial charge is 0.472 e. The van der Waals surface area contributed by atoms with Crippen LogP contribution in [-0.2, 0) is 27.9 Å². The summed E-state index contributed by atoms with van der Waals surface area (Å²) < 4.78 is 26.6. The van der Waals surface area contributed by atoms with Crippen molar-refractivity contribution >= 4 is 19.7 Å². The van der Waals surface area contributed by atoms with E-state index >= 15 is 0 Å². The second kappa shape index (κ2) is 31.0. The summed E-state index contributed by atoms with van der Waals surface area (Å²) in [7, 11) is -4.39. The second-order valence-corrected chi connectivity index (χ2v) is 13.3. The summed E-state index contributed by atoms with van der Waals surface area (Å²) in [6.07, 6.45) is 26.4. The molecule has 0 aromatic heterocycles. The number of hydrogen-bond donors (Lipinski definition) is 3. The van der Waals surface area contributed by atoms with Crippen LogP contribution in [-0.4, -0.2) is 54.3 Å². The maximum atomic E-state index is 11.9. The summed E-state index contributed by atoms with van der Waals surface area (Å²) >= 11 is 0. The molecular weight excluding hydrogens is 569 g/mol. The number of esters is 1. The van der Waals surface area contributed by atoms with E-state index in [9.17, 15) is 24.2 Å². The molecule has 0 aliphatic heterocycles. The Kier molecular flexibility index (Phi) is 30.3. The number of unbranched alkanes of at least 4 members (excludes halogenated alkanes) is 20. The lowest BCUT2D eigenvalue weighted by molar-refractivity contribution is -0.147. The van der Waals surface area contributed by atoms with Gasteiger partial charge in [-0.2, -0.15) is 0 Å². The molecule has 0 fully saturated rings. The smallest absolute Gasteiger partial charge is 0.463 e. The number of rotatable bonds is 33. The van der Waals surface area contributed by atoms with E-state index in [2.05, 4.69) is 19.2 Å². The summed E-state index contributed by atoms with van der Waals surface area (Å²) in [5.74, 6) is -0.523. The maximum Gasteiger partial charge on any atom is 0.472 e. The highest BCUT2D eigenvalue weighted by Gasteiger charge is 2.23. The number of aliphatic hydroxyl groups excluding tert-OH is 1. The Labute approximate surface area is 263 Å². The molecule has 9 nitrogen and oxygen atoms in total. The van der Waals surface area contributed by atoms with Crippen molar-refractivity contribution in [2.75, 3.05) is 26.4 Å². The Morgan fingerprint density at radius 1 is 0.628 bits per heavy atom. The molecule has 43 heavy (non-hydrogen) atoms. The predicted molar refractivity (Wildman–Crippen MR) is 174 cm³/mol. The summed E-state index contributed by atoms with van der Waals surface area (Å²) in [4.78, 5) is 33.4. The van der Waals surface area contributed by atoms with E-state index in [1.165, 1.54) is 89.9 Å². The van der Waals surface area contributed by atoms with Crippen molar-refractivity contribution in [3.05, 3.63) is 0 Å². The van der Waals surface area contributed by atoms with Crippen LogP contribution in [0.1, 0.15) is 168 Å². The highest BCUT2D eigenvalue weighted by molar-refractivity contribution is 7.47. The molecular formula is C33H66NO8P. The van der Waals surface area contributed by atoms with E-state index < -0.39 is 26.5 Å². The molecule has 0 aliphatic rings. The fraction of sp³-hybridized carbons (Fsp3) is 0.939. The van der Waals surface area contributed by atoms with Crippen molar-refractivity contribution in [1.82, 2.24) is 5.32 Å². The monoisotopic (exact) mass is 635 g/mol. The topological polar surface area (TPSA) is 131 Å². The van der Waals surface area contributed by atoms with Crippen molar-refractivity contribution in [2.24, 2.45) is 0 Å². The van der Waals surface area contributed by atoms with Crippen LogP contribution in [0.5, 0.6) is 0 Å². The first kappa shape index (κ1) is 42.0. The molecule has 1 amide bonds. The highest BCUT2D eigenvalue weighted by atomic mass is 31.2. The van der Waals surface area contributed by atoms with Gasteiger partial charge in [0.25, 0.3) is 0 Å². The van der Waals surface area contributed by atoms with E-state index in [-0.39, 0.29) is 32.1 Å². The molecule has 2 unspecified atom stereocenters. The van der Waals surface area contributed by atoms with Gasteiger partial charge in [-0.3, -0.25) is 18.6 Å². The Balaban J connectivity index is 3.56. The highest BCUT2D eigenvalue weighted by Crippen LogP contribution is 2.42. The Hall–Kier alpha value is -0.990. The van der Waals surface area contributed by atoms with Gasteiger partial charge in [0, 0.05) is 19.4 Å². The van der Waals surface area contributed by atoms with Gasteiger partial charge >= 0.3 is 13.8 Å². The zero-order valence-corrected chi connectivity index (χ0v) is 28.6. The number of phosphoric acid groups is 1. The summed E-state index contributed by atoms with van der Waals surface area (Å²) in [5.41, 5.74) is 0. The molecule has 0 bridgehead atoms. The van der Waals surface area contributed by atoms with Crippen LogP contribution >= 0.6 is 7.82 Å². The second-order valence-electron chi connectivity index (χ2n) is 11.9. The number of phosphoric ester groups is 1. The number of amides is 1. The SMILES string of the molecule is CCCCCCCCCCCCCCCCCCCC(=O)OCC(O)COP(=O)(O)OCCNC(=O)CCCCCCC. The number of hydrogen-bond acceptors (Lipinski definition) is 7. The van der Waals surface area contributed by atoms with Crippen LogP contribution in [0.4, 0.5) is 0 Å². The third-order valence-corrected chi connectivity index (χ3v) is 8.52. The number of nitrogens with one attached hydrogen (secondary N) is 1. The van der Waals surface area contributed by atoms with Crippen LogP contribution in [0.3, 0.4) is 0 Å². The number of carbonyl (C=O) groups excluding carboxylic acids is 2. The molecule has 0 spiro atoms. The lowest BCUT2D eigenvalue weighted by Crippen LogP contribution is -2.27. The Bertz CT molecular complexity index is 694. The lowest BCUT2D eigenvalue weighted by Gasteiger charge is -2.15. The summed E-state index contributed by atoms with van der Waals surface area (Å²) in [6, 6.07) is 0. The zero-order valence-electron chi connectivity index (χ0n) is 27.7. The molecule has 0 aromatic carbocycles. The first-order valence-corrected chi connectivity index (χ1v) is 19.0. The van der Waals surface area contributed by atoms with Gasteiger partial charge in [-0.25, -0.2) is 4.57 Å². The Morgan fingerprint density at radius 3 is 1.51 bits per heavy atom. The van der Waals surface area contributed by atoms with Crippen molar-refractivity contribution in [3.63, 3.8) is 0 Å². The molecule has 3 N–H and O–H groups in total. The zero-order chi connectivity index (χ0) is 31.9. The van der Waals surface area contributed by atoms with E-state index in [0.29, 0.717) is 6.42 Å². The van der Waals surface area contributed by atoms with Crippen molar-refractivity contribution in [3.8, 4) is 0 Å². The lowest BCUT2D eigenvalue weighted by atomic mass is 10.0. The van der Waals surface area contributed by atoms with E-state index in [4.69, 9.17) is 13.8 Å². The van der Waals surface area contributed by atoms with E-state index in [1.807, 2.05) is 0 Å². The van der Waals surface area contributed by atoms with Crippen LogP contribution in [0.15, 0.2) is 0 Å². The standard InChI is InChI=1S/C33H66NO8P/c1-3-5-7-9-10-11-12-13-14-15-16-17-18-19-20-22-24-26-33(37)40-29-31(35)30-42-43(38,39)41-28-27-34-32(36)25-23-21-8-6-4-2/h31,35H,3-30H2,1-2H3,(H,34,36)(H,38,39). The molecule has 2 atom stereocenters. The van der Waals surface area contributed by atoms with Gasteiger partial charge in [-0.05, 0) is 12.8 Å². The minimum Gasteiger partial charge on any atom is -0.463 e. The van der Waals surface area contributed by atoms with Crippen LogP contribution in [0.2, 0.25) is 0 Å². The van der Waals surface area contributed by atoms with Crippen LogP contribution in [0.25, 0.3) is 0 Å². The predicted octanol–water partition coefficient (Wildman–Crippen LogP) is 8.54. The van der Waals surface area contributed by atoms with Gasteiger partial charge in [-0.15, -0.1) is 0 Å². The van der Waals surface area contributed by atoms with Gasteiger partial charge in [0.05, 0.1) is 13.2 Å². The molecule has 0 saturated carbocycles. The molecule has 0 aromatic rings. The molecule has 256 valence electrons. The van der Waals surface area contributed by atoms with Gasteiger partial charge < -0.3 is 20.1 Å². The van der Waals surface area contributed by atoms with Crippen molar-refractivity contribution in [1.29, 1.82) is 0 Å². The molecule has 0 aliphatic carbocycles. The number of aliphatic hydroxyl groups is 1. The van der Waals surface area contributed by atoms with Crippen LogP contribution < -0.4 is 5.32 Å². The average molecular weight is 636 g/mol. The normalized spacial score (nSPS) is 13.5.